The van der Waals surface area contributed by atoms with Gasteiger partial charge in [-0.15, -0.1) is 0 Å². The normalized spacial score (nSPS) is 10.9. The van der Waals surface area contributed by atoms with Crippen LogP contribution in [-0.4, -0.2) is 12.1 Å². The van der Waals surface area contributed by atoms with Crippen LogP contribution in [0.3, 0.4) is 0 Å². The summed E-state index contributed by atoms with van der Waals surface area (Å²) >= 11 is 6.13. The third kappa shape index (κ3) is 2.82. The van der Waals surface area contributed by atoms with Crippen molar-refractivity contribution in [2.24, 2.45) is 0 Å². The Labute approximate surface area is 112 Å². The van der Waals surface area contributed by atoms with E-state index >= 15 is 0 Å². The molecule has 0 amide bonds. The third-order valence-electron chi connectivity index (χ3n) is 2.66. The summed E-state index contributed by atoms with van der Waals surface area (Å²) in [6, 6.07) is 11.5. The summed E-state index contributed by atoms with van der Waals surface area (Å²) in [4.78, 5) is 11.7. The largest absolute Gasteiger partial charge is 0.463 e. The smallest absolute Gasteiger partial charge is 0.310 e. The predicted molar refractivity (Wildman–Crippen MR) is 73.9 cm³/mol. The molecule has 0 aliphatic carbocycles. The van der Waals surface area contributed by atoms with Crippen LogP contribution >= 0.6 is 11.6 Å². The van der Waals surface area contributed by atoms with E-state index in [1.165, 1.54) is 0 Å². The Morgan fingerprint density at radius 2 is 1.83 bits per heavy atom. The maximum atomic E-state index is 11.7. The molecule has 18 heavy (non-hydrogen) atoms. The van der Waals surface area contributed by atoms with E-state index in [9.17, 15) is 4.79 Å². The molecular weight excluding hydrogens is 248 g/mol. The molecular formula is C15H15ClO2. The highest BCUT2D eigenvalue weighted by Gasteiger charge is 2.10. The zero-order chi connectivity index (χ0) is 13.1. The van der Waals surface area contributed by atoms with E-state index in [0.717, 1.165) is 16.3 Å². The first kappa shape index (κ1) is 12.9. The zero-order valence-electron chi connectivity index (χ0n) is 10.4. The van der Waals surface area contributed by atoms with Crippen molar-refractivity contribution in [3.8, 4) is 0 Å². The molecule has 0 bridgehead atoms. The molecule has 94 valence electrons. The first-order chi connectivity index (χ1) is 8.58. The summed E-state index contributed by atoms with van der Waals surface area (Å²) in [5.41, 5.74) is 0.945. The minimum absolute atomic E-state index is 0.0870. The van der Waals surface area contributed by atoms with Crippen molar-refractivity contribution in [2.45, 2.75) is 26.4 Å². The van der Waals surface area contributed by atoms with E-state index in [2.05, 4.69) is 0 Å². The summed E-state index contributed by atoms with van der Waals surface area (Å²) in [5, 5.41) is 2.67. The maximum Gasteiger partial charge on any atom is 0.310 e. The number of ether oxygens (including phenoxy) is 1. The van der Waals surface area contributed by atoms with Crippen LogP contribution in [0.25, 0.3) is 10.8 Å². The second kappa shape index (κ2) is 5.40. The lowest BCUT2D eigenvalue weighted by atomic mass is 10.0. The lowest BCUT2D eigenvalue weighted by Crippen LogP contribution is -2.13. The van der Waals surface area contributed by atoms with Gasteiger partial charge in [0.1, 0.15) is 0 Å². The van der Waals surface area contributed by atoms with Gasteiger partial charge in [0, 0.05) is 10.4 Å². The SMILES string of the molecule is CC(C)OC(=O)Cc1ccc(Cl)c2ccccc12. The third-order valence-corrected chi connectivity index (χ3v) is 2.99. The summed E-state index contributed by atoms with van der Waals surface area (Å²) in [6.45, 7) is 3.69. The van der Waals surface area contributed by atoms with Gasteiger partial charge in [0.15, 0.2) is 0 Å². The summed E-state index contributed by atoms with van der Waals surface area (Å²) in [5.74, 6) is -0.211. The van der Waals surface area contributed by atoms with Crippen LogP contribution < -0.4 is 0 Å². The van der Waals surface area contributed by atoms with Gasteiger partial charge in [0.05, 0.1) is 12.5 Å². The molecule has 2 nitrogen and oxygen atoms in total. The molecule has 0 atom stereocenters. The quantitative estimate of drug-likeness (QED) is 0.782. The molecule has 0 heterocycles. The molecule has 2 aromatic rings. The van der Waals surface area contributed by atoms with Crippen LogP contribution in [0.5, 0.6) is 0 Å². The number of hydrogen-bond acceptors (Lipinski definition) is 2. The summed E-state index contributed by atoms with van der Waals surface area (Å²) < 4.78 is 5.16. The minimum atomic E-state index is -0.211. The zero-order valence-corrected chi connectivity index (χ0v) is 11.2. The van der Waals surface area contributed by atoms with Gasteiger partial charge in [-0.2, -0.15) is 0 Å². The summed E-state index contributed by atoms with van der Waals surface area (Å²) in [6.07, 6.45) is 0.187. The lowest BCUT2D eigenvalue weighted by molar-refractivity contribution is -0.146. The highest BCUT2D eigenvalue weighted by molar-refractivity contribution is 6.35. The molecule has 0 unspecified atom stereocenters. The second-order valence-corrected chi connectivity index (χ2v) is 4.87. The molecule has 2 aromatic carbocycles. The Morgan fingerprint density at radius 3 is 2.50 bits per heavy atom. The van der Waals surface area contributed by atoms with E-state index in [4.69, 9.17) is 16.3 Å². The molecule has 0 aliphatic heterocycles. The highest BCUT2D eigenvalue weighted by Crippen LogP contribution is 2.26. The van der Waals surface area contributed by atoms with Gasteiger partial charge in [-0.05, 0) is 30.9 Å². The van der Waals surface area contributed by atoms with Crippen molar-refractivity contribution in [3.05, 3.63) is 47.0 Å². The Hall–Kier alpha value is -1.54. The number of benzene rings is 2. The molecule has 0 radical (unpaired) electrons. The topological polar surface area (TPSA) is 26.3 Å². The summed E-state index contributed by atoms with van der Waals surface area (Å²) in [7, 11) is 0. The first-order valence-corrected chi connectivity index (χ1v) is 6.31. The van der Waals surface area contributed by atoms with Crippen molar-refractivity contribution in [1.82, 2.24) is 0 Å². The van der Waals surface area contributed by atoms with Crippen LogP contribution in [0, 0.1) is 0 Å². The minimum Gasteiger partial charge on any atom is -0.463 e. The number of halogens is 1. The molecule has 2 rings (SSSR count). The van der Waals surface area contributed by atoms with Gasteiger partial charge in [0.25, 0.3) is 0 Å². The maximum absolute atomic E-state index is 11.7. The van der Waals surface area contributed by atoms with Gasteiger partial charge in [-0.1, -0.05) is 41.9 Å². The van der Waals surface area contributed by atoms with Crippen LogP contribution in [-0.2, 0) is 16.0 Å². The fourth-order valence-corrected chi connectivity index (χ4v) is 2.17. The van der Waals surface area contributed by atoms with Crippen LogP contribution in [0.15, 0.2) is 36.4 Å². The number of carbonyl (C=O) groups excluding carboxylic acids is 1. The van der Waals surface area contributed by atoms with Gasteiger partial charge >= 0.3 is 5.97 Å². The second-order valence-electron chi connectivity index (χ2n) is 4.47. The van der Waals surface area contributed by atoms with Crippen molar-refractivity contribution in [3.63, 3.8) is 0 Å². The molecule has 0 aliphatic rings. The van der Waals surface area contributed by atoms with E-state index in [1.807, 2.05) is 50.2 Å². The molecule has 0 aromatic heterocycles. The monoisotopic (exact) mass is 262 g/mol. The predicted octanol–water partition coefficient (Wildman–Crippen LogP) is 3.99. The number of fused-ring (bicyclic) bond motifs is 1. The Kier molecular flexibility index (Phi) is 3.87. The first-order valence-electron chi connectivity index (χ1n) is 5.93. The van der Waals surface area contributed by atoms with E-state index < -0.39 is 0 Å². The Balaban J connectivity index is 2.34. The molecule has 0 fully saturated rings. The van der Waals surface area contributed by atoms with Crippen LogP contribution in [0.1, 0.15) is 19.4 Å². The fraction of sp³-hybridized carbons (Fsp3) is 0.267. The molecule has 0 N–H and O–H groups in total. The molecule has 0 saturated heterocycles. The number of hydrogen-bond donors (Lipinski definition) is 0. The standard InChI is InChI=1S/C15H15ClO2/c1-10(2)18-15(17)9-11-7-8-14(16)13-6-4-3-5-12(11)13/h3-8,10H,9H2,1-2H3. The molecule has 3 heteroatoms. The highest BCUT2D eigenvalue weighted by atomic mass is 35.5. The van der Waals surface area contributed by atoms with E-state index in [-0.39, 0.29) is 18.5 Å². The van der Waals surface area contributed by atoms with E-state index in [1.54, 1.807) is 0 Å². The van der Waals surface area contributed by atoms with Crippen molar-refractivity contribution < 1.29 is 9.53 Å². The lowest BCUT2D eigenvalue weighted by Gasteiger charge is -2.10. The number of rotatable bonds is 3. The van der Waals surface area contributed by atoms with E-state index in [0.29, 0.717) is 5.02 Å². The Morgan fingerprint density at radius 1 is 1.17 bits per heavy atom. The van der Waals surface area contributed by atoms with Gasteiger partial charge in [-0.3, -0.25) is 4.79 Å². The fourth-order valence-electron chi connectivity index (χ4n) is 1.94. The van der Waals surface area contributed by atoms with Crippen molar-refractivity contribution in [2.75, 3.05) is 0 Å². The Bertz CT molecular complexity index is 576. The average molecular weight is 263 g/mol. The molecule has 0 saturated carbocycles. The van der Waals surface area contributed by atoms with Crippen LogP contribution in [0.2, 0.25) is 5.02 Å². The number of carbonyl (C=O) groups is 1. The number of esters is 1. The molecule has 0 spiro atoms. The van der Waals surface area contributed by atoms with Crippen molar-refractivity contribution in [1.29, 1.82) is 0 Å². The van der Waals surface area contributed by atoms with Gasteiger partial charge in [0.2, 0.25) is 0 Å². The average Bonchev–Trinajstić information content (AvgIpc) is 2.32. The van der Waals surface area contributed by atoms with Gasteiger partial charge < -0.3 is 4.74 Å². The van der Waals surface area contributed by atoms with Crippen LogP contribution in [0.4, 0.5) is 0 Å². The van der Waals surface area contributed by atoms with Gasteiger partial charge in [-0.25, -0.2) is 0 Å². The van der Waals surface area contributed by atoms with Crippen molar-refractivity contribution >= 4 is 28.3 Å².